The lowest BCUT2D eigenvalue weighted by Crippen LogP contribution is -2.38. The van der Waals surface area contributed by atoms with E-state index in [0.717, 1.165) is 11.6 Å². The number of fused-ring (bicyclic) bond motifs is 1. The van der Waals surface area contributed by atoms with Gasteiger partial charge in [-0.3, -0.25) is 14.4 Å². The Balaban J connectivity index is 1.30. The summed E-state index contributed by atoms with van der Waals surface area (Å²) in [5, 5.41) is 3.09. The Morgan fingerprint density at radius 1 is 0.925 bits per heavy atom. The Kier molecular flexibility index (Phi) is 9.42. The normalized spacial score (nSPS) is 14.2. The van der Waals surface area contributed by atoms with Gasteiger partial charge >= 0.3 is 12.1 Å². The maximum absolute atomic E-state index is 13.5. The van der Waals surface area contributed by atoms with Crippen molar-refractivity contribution in [3.8, 4) is 0 Å². The third-order valence-electron chi connectivity index (χ3n) is 7.09. The molecule has 1 fully saturated rings. The monoisotopic (exact) mass is 556 g/mol. The van der Waals surface area contributed by atoms with Crippen LogP contribution < -0.4 is 5.32 Å². The molecule has 1 aliphatic heterocycles. The molecule has 0 bridgehead atoms. The molecule has 0 atom stereocenters. The number of benzene rings is 3. The van der Waals surface area contributed by atoms with E-state index < -0.39 is 11.7 Å². The molecule has 1 N–H and O–H groups in total. The van der Waals surface area contributed by atoms with E-state index in [1.165, 1.54) is 25.3 Å². The van der Waals surface area contributed by atoms with E-state index in [1.54, 1.807) is 29.2 Å². The third-order valence-corrected chi connectivity index (χ3v) is 7.09. The summed E-state index contributed by atoms with van der Waals surface area (Å²) in [7, 11) is 1.31. The Hall–Kier alpha value is -3.92. The number of esters is 1. The van der Waals surface area contributed by atoms with Crippen LogP contribution in [0, 0.1) is 0 Å². The molecule has 0 saturated carbocycles. The molecule has 0 aromatic heterocycles. The number of carbonyl (C=O) groups is 3. The minimum atomic E-state index is -4.50. The van der Waals surface area contributed by atoms with Crippen LogP contribution in [0.4, 0.5) is 13.2 Å². The molecule has 212 valence electrons. The molecular weight excluding hydrogens is 525 g/mol. The first-order valence-electron chi connectivity index (χ1n) is 13.1. The number of hydrogen-bond acceptors (Lipinski definition) is 5. The lowest BCUT2D eigenvalue weighted by Gasteiger charge is -2.32. The van der Waals surface area contributed by atoms with Crippen LogP contribution in [0.25, 0.3) is 10.8 Å². The van der Waals surface area contributed by atoms with Gasteiger partial charge in [0.2, 0.25) is 0 Å². The zero-order chi connectivity index (χ0) is 28.7. The number of ether oxygens (including phenoxy) is 2. The smallest absolute Gasteiger partial charge is 0.417 e. The number of alkyl halides is 3. The second kappa shape index (κ2) is 13.0. The Labute approximate surface area is 230 Å². The fraction of sp³-hybridized carbons (Fsp3) is 0.367. The van der Waals surface area contributed by atoms with E-state index in [2.05, 4.69) is 10.1 Å². The average molecular weight is 557 g/mol. The van der Waals surface area contributed by atoms with Gasteiger partial charge < -0.3 is 19.7 Å². The van der Waals surface area contributed by atoms with E-state index in [4.69, 9.17) is 4.74 Å². The van der Waals surface area contributed by atoms with E-state index >= 15 is 0 Å². The second-order valence-corrected chi connectivity index (χ2v) is 9.59. The SMILES string of the molecule is COC(=O)CCOCCNC(=O)c1ccc(C2CCN(C(=O)c3cccc4c(C(F)(F)F)cccc34)CC2)cc1. The Morgan fingerprint density at radius 2 is 1.60 bits per heavy atom. The molecule has 0 radical (unpaired) electrons. The van der Waals surface area contributed by atoms with Crippen molar-refractivity contribution >= 4 is 28.6 Å². The topological polar surface area (TPSA) is 84.9 Å². The van der Waals surface area contributed by atoms with Crippen LogP contribution in [0.3, 0.4) is 0 Å². The summed E-state index contributed by atoms with van der Waals surface area (Å²) < 4.78 is 50.2. The van der Waals surface area contributed by atoms with Gasteiger partial charge in [-0.25, -0.2) is 0 Å². The largest absolute Gasteiger partial charge is 0.469 e. The lowest BCUT2D eigenvalue weighted by atomic mass is 9.88. The van der Waals surface area contributed by atoms with Gasteiger partial charge in [0.05, 0.1) is 32.3 Å². The van der Waals surface area contributed by atoms with Crippen LogP contribution in [0.15, 0.2) is 60.7 Å². The number of piperidine rings is 1. The van der Waals surface area contributed by atoms with Crippen molar-refractivity contribution in [1.29, 1.82) is 0 Å². The van der Waals surface area contributed by atoms with Crippen molar-refractivity contribution in [3.05, 3.63) is 82.9 Å². The Morgan fingerprint density at radius 3 is 2.27 bits per heavy atom. The van der Waals surface area contributed by atoms with E-state index in [9.17, 15) is 27.6 Å². The van der Waals surface area contributed by atoms with E-state index in [0.29, 0.717) is 43.4 Å². The van der Waals surface area contributed by atoms with Gasteiger partial charge in [-0.05, 0) is 59.4 Å². The molecule has 1 saturated heterocycles. The highest BCUT2D eigenvalue weighted by Crippen LogP contribution is 2.36. The molecule has 10 heteroatoms. The van der Waals surface area contributed by atoms with Crippen LogP contribution in [-0.4, -0.2) is 62.6 Å². The van der Waals surface area contributed by atoms with Crippen molar-refractivity contribution in [2.24, 2.45) is 0 Å². The highest BCUT2D eigenvalue weighted by Gasteiger charge is 2.33. The van der Waals surface area contributed by atoms with Crippen molar-refractivity contribution in [2.75, 3.05) is 40.0 Å². The summed E-state index contributed by atoms with van der Waals surface area (Å²) in [6.45, 7) is 1.78. The number of nitrogens with one attached hydrogen (secondary N) is 1. The van der Waals surface area contributed by atoms with Crippen LogP contribution in [0.2, 0.25) is 0 Å². The van der Waals surface area contributed by atoms with E-state index in [-0.39, 0.29) is 54.3 Å². The maximum Gasteiger partial charge on any atom is 0.417 e. The zero-order valence-electron chi connectivity index (χ0n) is 22.1. The van der Waals surface area contributed by atoms with E-state index in [1.807, 2.05) is 12.1 Å². The summed E-state index contributed by atoms with van der Waals surface area (Å²) in [4.78, 5) is 38.4. The number of halogens is 3. The Bertz CT molecular complexity index is 1350. The van der Waals surface area contributed by atoms with Crippen molar-refractivity contribution < 1.29 is 37.0 Å². The first kappa shape index (κ1) is 29.1. The molecule has 1 aliphatic rings. The molecule has 2 amide bonds. The van der Waals surface area contributed by atoms with Crippen LogP contribution in [-0.2, 0) is 20.4 Å². The number of carbonyl (C=O) groups excluding carboxylic acids is 3. The molecular formula is C30H31F3N2O5. The summed E-state index contributed by atoms with van der Waals surface area (Å²) >= 11 is 0. The zero-order valence-corrected chi connectivity index (χ0v) is 22.1. The minimum Gasteiger partial charge on any atom is -0.469 e. The fourth-order valence-electron chi connectivity index (χ4n) is 4.93. The highest BCUT2D eigenvalue weighted by molar-refractivity contribution is 6.07. The van der Waals surface area contributed by atoms with Gasteiger partial charge in [0.15, 0.2) is 0 Å². The van der Waals surface area contributed by atoms with Gasteiger partial charge in [0, 0.05) is 30.8 Å². The van der Waals surface area contributed by atoms with Gasteiger partial charge in [0.1, 0.15) is 0 Å². The number of rotatable bonds is 9. The minimum absolute atomic E-state index is 0.0194. The molecule has 3 aromatic rings. The predicted octanol–water partition coefficient (Wildman–Crippen LogP) is 5.19. The summed E-state index contributed by atoms with van der Waals surface area (Å²) in [6.07, 6.45) is -2.93. The molecule has 4 rings (SSSR count). The highest BCUT2D eigenvalue weighted by atomic mass is 19.4. The first-order valence-corrected chi connectivity index (χ1v) is 13.1. The molecule has 0 aliphatic carbocycles. The van der Waals surface area contributed by atoms with Gasteiger partial charge in [0.25, 0.3) is 11.8 Å². The summed E-state index contributed by atoms with van der Waals surface area (Å²) in [5.41, 5.74) is 1.10. The molecule has 40 heavy (non-hydrogen) atoms. The number of nitrogens with zero attached hydrogens (tertiary/aromatic N) is 1. The maximum atomic E-state index is 13.5. The van der Waals surface area contributed by atoms with Crippen LogP contribution in [0.1, 0.15) is 57.0 Å². The predicted molar refractivity (Wildman–Crippen MR) is 143 cm³/mol. The number of hydrogen-bond donors (Lipinski definition) is 1. The number of likely N-dealkylation sites (tertiary alicyclic amines) is 1. The third kappa shape index (κ3) is 6.98. The molecule has 1 heterocycles. The molecule has 7 nitrogen and oxygen atoms in total. The number of amides is 2. The van der Waals surface area contributed by atoms with Crippen molar-refractivity contribution in [3.63, 3.8) is 0 Å². The summed E-state index contributed by atoms with van der Waals surface area (Å²) in [5.74, 6) is -0.653. The van der Waals surface area contributed by atoms with Crippen molar-refractivity contribution in [1.82, 2.24) is 10.2 Å². The molecule has 0 spiro atoms. The standard InChI is InChI=1S/C30H31F3N2O5/c1-39-27(36)14-18-40-19-15-34-28(37)22-10-8-20(9-11-22)21-12-16-35(17-13-21)29(38)25-6-2-5-24-23(25)4-3-7-26(24)30(31,32)33/h2-11,21H,12-19H2,1H3,(H,34,37). The average Bonchev–Trinajstić information content (AvgIpc) is 2.97. The fourth-order valence-corrected chi connectivity index (χ4v) is 4.93. The van der Waals surface area contributed by atoms with Gasteiger partial charge in [-0.15, -0.1) is 0 Å². The second-order valence-electron chi connectivity index (χ2n) is 9.59. The van der Waals surface area contributed by atoms with Crippen LogP contribution >= 0.6 is 0 Å². The van der Waals surface area contributed by atoms with Gasteiger partial charge in [-0.1, -0.05) is 36.4 Å². The first-order chi connectivity index (χ1) is 19.2. The lowest BCUT2D eigenvalue weighted by molar-refractivity contribution is -0.141. The van der Waals surface area contributed by atoms with Crippen LogP contribution in [0.5, 0.6) is 0 Å². The summed E-state index contributed by atoms with van der Waals surface area (Å²) in [6, 6.07) is 15.7. The number of methoxy groups -OCH3 is 1. The molecule has 3 aromatic carbocycles. The molecule has 0 unspecified atom stereocenters. The quantitative estimate of drug-likeness (QED) is 0.290. The van der Waals surface area contributed by atoms with Gasteiger partial charge in [-0.2, -0.15) is 13.2 Å². The van der Waals surface area contributed by atoms with Crippen molar-refractivity contribution in [2.45, 2.75) is 31.4 Å².